The molecule has 1 nitrogen and oxygen atoms in total. The van der Waals surface area contributed by atoms with Gasteiger partial charge in [0.25, 0.3) is 0 Å². The smallest absolute Gasteiger partial charge is 0.00429 e. The standard InChI is InChI=1S/C8H15N.H2S/c1-3-5-8(7-9)6-4-2;/h3-4,8H,1-2,5-7,9H2;1H2. The summed E-state index contributed by atoms with van der Waals surface area (Å²) in [6.45, 7) is 8.02. The molecule has 2 heteroatoms. The molecule has 0 aromatic carbocycles. The third-order valence-corrected chi connectivity index (χ3v) is 1.33. The van der Waals surface area contributed by atoms with E-state index in [4.69, 9.17) is 5.73 Å². The highest BCUT2D eigenvalue weighted by atomic mass is 32.1. The van der Waals surface area contributed by atoms with Gasteiger partial charge in [-0.3, -0.25) is 0 Å². The number of hydrogen-bond donors (Lipinski definition) is 1. The summed E-state index contributed by atoms with van der Waals surface area (Å²) in [5.74, 6) is 0.556. The first kappa shape index (κ1) is 12.5. The summed E-state index contributed by atoms with van der Waals surface area (Å²) in [5.41, 5.74) is 5.45. The molecule has 0 aromatic heterocycles. The first-order chi connectivity index (χ1) is 4.35. The van der Waals surface area contributed by atoms with Crippen molar-refractivity contribution in [2.24, 2.45) is 11.7 Å². The molecule has 0 aromatic rings. The van der Waals surface area contributed by atoms with Gasteiger partial charge in [-0.1, -0.05) is 12.2 Å². The third kappa shape index (κ3) is 5.92. The molecule has 0 unspecified atom stereocenters. The fourth-order valence-electron chi connectivity index (χ4n) is 0.760. The Morgan fingerprint density at radius 1 is 1.20 bits per heavy atom. The van der Waals surface area contributed by atoms with Gasteiger partial charge in [-0.05, 0) is 25.3 Å². The maximum atomic E-state index is 5.45. The highest BCUT2D eigenvalue weighted by Gasteiger charge is 1.99. The van der Waals surface area contributed by atoms with Gasteiger partial charge < -0.3 is 5.73 Å². The quantitative estimate of drug-likeness (QED) is 0.608. The zero-order valence-corrected chi connectivity index (χ0v) is 7.34. The van der Waals surface area contributed by atoms with Crippen molar-refractivity contribution in [3.8, 4) is 0 Å². The lowest BCUT2D eigenvalue weighted by Crippen LogP contribution is -2.12. The minimum absolute atomic E-state index is 0. The highest BCUT2D eigenvalue weighted by Crippen LogP contribution is 2.06. The van der Waals surface area contributed by atoms with Crippen molar-refractivity contribution in [1.82, 2.24) is 0 Å². The molecular formula is C8H17NS. The molecule has 0 aliphatic heterocycles. The average molecular weight is 159 g/mol. The lowest BCUT2D eigenvalue weighted by molar-refractivity contribution is 0.556. The van der Waals surface area contributed by atoms with E-state index in [1.165, 1.54) is 0 Å². The van der Waals surface area contributed by atoms with E-state index >= 15 is 0 Å². The topological polar surface area (TPSA) is 26.0 Å². The largest absolute Gasteiger partial charge is 0.330 e. The molecule has 0 saturated carbocycles. The molecule has 60 valence electrons. The van der Waals surface area contributed by atoms with E-state index in [1.807, 2.05) is 12.2 Å². The zero-order chi connectivity index (χ0) is 7.11. The monoisotopic (exact) mass is 159 g/mol. The fourth-order valence-corrected chi connectivity index (χ4v) is 0.760. The first-order valence-electron chi connectivity index (χ1n) is 3.27. The van der Waals surface area contributed by atoms with E-state index in [1.54, 1.807) is 0 Å². The maximum absolute atomic E-state index is 5.45. The van der Waals surface area contributed by atoms with Crippen molar-refractivity contribution in [2.45, 2.75) is 12.8 Å². The Kier molecular flexibility index (Phi) is 11.0. The van der Waals surface area contributed by atoms with Crippen LogP contribution in [0.25, 0.3) is 0 Å². The number of hydrogen-bond acceptors (Lipinski definition) is 1. The van der Waals surface area contributed by atoms with Gasteiger partial charge in [0.2, 0.25) is 0 Å². The molecule has 0 amide bonds. The van der Waals surface area contributed by atoms with Crippen molar-refractivity contribution in [3.05, 3.63) is 25.3 Å². The summed E-state index contributed by atoms with van der Waals surface area (Å²) < 4.78 is 0. The van der Waals surface area contributed by atoms with Gasteiger partial charge in [0.1, 0.15) is 0 Å². The van der Waals surface area contributed by atoms with Gasteiger partial charge in [0.05, 0.1) is 0 Å². The summed E-state index contributed by atoms with van der Waals surface area (Å²) in [7, 11) is 0. The number of nitrogens with two attached hydrogens (primary N) is 1. The highest BCUT2D eigenvalue weighted by molar-refractivity contribution is 7.59. The van der Waals surface area contributed by atoms with Gasteiger partial charge in [-0.25, -0.2) is 0 Å². The maximum Gasteiger partial charge on any atom is -0.00429 e. The predicted octanol–water partition coefficient (Wildman–Crippen LogP) is 1.83. The van der Waals surface area contributed by atoms with E-state index in [0.29, 0.717) is 5.92 Å². The van der Waals surface area contributed by atoms with Gasteiger partial charge in [0.15, 0.2) is 0 Å². The van der Waals surface area contributed by atoms with Crippen LogP contribution in [0.4, 0.5) is 0 Å². The Balaban J connectivity index is 0. The second-order valence-electron chi connectivity index (χ2n) is 2.15. The van der Waals surface area contributed by atoms with Crippen molar-refractivity contribution in [1.29, 1.82) is 0 Å². The Hall–Kier alpha value is -0.210. The normalized spacial score (nSPS) is 8.60. The van der Waals surface area contributed by atoms with Crippen LogP contribution in [-0.2, 0) is 0 Å². The zero-order valence-electron chi connectivity index (χ0n) is 6.34. The first-order valence-corrected chi connectivity index (χ1v) is 3.27. The molecule has 0 bridgehead atoms. The second-order valence-corrected chi connectivity index (χ2v) is 2.15. The van der Waals surface area contributed by atoms with Gasteiger partial charge in [-0.2, -0.15) is 13.5 Å². The number of allylic oxidation sites excluding steroid dienone is 2. The SMILES string of the molecule is C=CCC(CN)CC=C.S. The lowest BCUT2D eigenvalue weighted by Gasteiger charge is -2.07. The Morgan fingerprint density at radius 2 is 1.60 bits per heavy atom. The van der Waals surface area contributed by atoms with Crippen LogP contribution in [0.15, 0.2) is 25.3 Å². The summed E-state index contributed by atoms with van der Waals surface area (Å²) >= 11 is 0. The van der Waals surface area contributed by atoms with E-state index in [-0.39, 0.29) is 13.5 Å². The number of rotatable bonds is 5. The minimum atomic E-state index is 0. The molecule has 0 saturated heterocycles. The molecule has 0 spiro atoms. The summed E-state index contributed by atoms with van der Waals surface area (Å²) in [6, 6.07) is 0. The molecule has 0 aliphatic rings. The van der Waals surface area contributed by atoms with E-state index < -0.39 is 0 Å². The molecule has 0 heterocycles. The molecule has 10 heavy (non-hydrogen) atoms. The van der Waals surface area contributed by atoms with Crippen LogP contribution in [-0.4, -0.2) is 6.54 Å². The lowest BCUT2D eigenvalue weighted by atomic mass is 10.0. The van der Waals surface area contributed by atoms with Crippen LogP contribution in [0.5, 0.6) is 0 Å². The molecule has 2 N–H and O–H groups in total. The second kappa shape index (κ2) is 8.79. The van der Waals surface area contributed by atoms with Gasteiger partial charge in [0, 0.05) is 0 Å². The Labute approximate surface area is 70.4 Å². The van der Waals surface area contributed by atoms with Crippen LogP contribution in [0, 0.1) is 5.92 Å². The Morgan fingerprint density at radius 3 is 1.80 bits per heavy atom. The van der Waals surface area contributed by atoms with E-state index in [9.17, 15) is 0 Å². The van der Waals surface area contributed by atoms with Crippen LogP contribution >= 0.6 is 13.5 Å². The molecule has 0 aliphatic carbocycles. The predicted molar refractivity (Wildman–Crippen MR) is 52.6 cm³/mol. The summed E-state index contributed by atoms with van der Waals surface area (Å²) in [4.78, 5) is 0. The molecule has 0 fully saturated rings. The molecule has 0 atom stereocenters. The third-order valence-electron chi connectivity index (χ3n) is 1.33. The van der Waals surface area contributed by atoms with Crippen LogP contribution in [0.2, 0.25) is 0 Å². The molecule has 0 rings (SSSR count). The Bertz CT molecular complexity index is 81.3. The van der Waals surface area contributed by atoms with Crippen LogP contribution in [0.1, 0.15) is 12.8 Å². The van der Waals surface area contributed by atoms with E-state index in [0.717, 1.165) is 19.4 Å². The molecular weight excluding hydrogens is 142 g/mol. The fraction of sp³-hybridized carbons (Fsp3) is 0.500. The average Bonchev–Trinajstić information content (AvgIpc) is 1.88. The van der Waals surface area contributed by atoms with Gasteiger partial charge in [-0.15, -0.1) is 13.2 Å². The van der Waals surface area contributed by atoms with E-state index in [2.05, 4.69) is 13.2 Å². The summed E-state index contributed by atoms with van der Waals surface area (Å²) in [5, 5.41) is 0. The minimum Gasteiger partial charge on any atom is -0.330 e. The van der Waals surface area contributed by atoms with Crippen LogP contribution < -0.4 is 5.73 Å². The van der Waals surface area contributed by atoms with Gasteiger partial charge >= 0.3 is 0 Å². The van der Waals surface area contributed by atoms with Crippen molar-refractivity contribution >= 4 is 13.5 Å². The molecule has 0 radical (unpaired) electrons. The van der Waals surface area contributed by atoms with Crippen molar-refractivity contribution in [2.75, 3.05) is 6.54 Å². The van der Waals surface area contributed by atoms with Crippen molar-refractivity contribution < 1.29 is 0 Å². The summed E-state index contributed by atoms with van der Waals surface area (Å²) in [6.07, 6.45) is 5.81. The van der Waals surface area contributed by atoms with Crippen molar-refractivity contribution in [3.63, 3.8) is 0 Å². The van der Waals surface area contributed by atoms with Crippen LogP contribution in [0.3, 0.4) is 0 Å².